The molecule has 0 N–H and O–H groups in total. The molecule has 2 atom stereocenters. The van der Waals surface area contributed by atoms with Gasteiger partial charge in [-0.15, -0.1) is 0 Å². The molecule has 0 aromatic carbocycles. The Morgan fingerprint density at radius 3 is 2.00 bits per heavy atom. The smallest absolute Gasteiger partial charge is 0.0339 e. The van der Waals surface area contributed by atoms with Crippen LogP contribution in [0.4, 0.5) is 0 Å². The van der Waals surface area contributed by atoms with Gasteiger partial charge in [-0.05, 0) is 41.9 Å². The highest BCUT2D eigenvalue weighted by atomic mass is 14.4. The van der Waals surface area contributed by atoms with Crippen molar-refractivity contribution in [3.05, 3.63) is 0 Å². The van der Waals surface area contributed by atoms with E-state index in [4.69, 9.17) is 0 Å². The Bertz CT molecular complexity index is 195. The van der Waals surface area contributed by atoms with Gasteiger partial charge in [-0.25, -0.2) is 0 Å². The van der Waals surface area contributed by atoms with Gasteiger partial charge in [0.25, 0.3) is 0 Å². The minimum Gasteiger partial charge on any atom is -0.0656 e. The van der Waals surface area contributed by atoms with Crippen molar-refractivity contribution in [1.29, 1.82) is 0 Å². The van der Waals surface area contributed by atoms with Crippen molar-refractivity contribution in [2.45, 2.75) is 87.5 Å². The van der Waals surface area contributed by atoms with E-state index in [0.717, 1.165) is 11.8 Å². The van der Waals surface area contributed by atoms with Gasteiger partial charge in [0.1, 0.15) is 0 Å². The lowest BCUT2D eigenvalue weighted by Crippen LogP contribution is -2.27. The second-order valence-corrected chi connectivity index (χ2v) is 7.92. The molecule has 0 heterocycles. The molecule has 17 heavy (non-hydrogen) atoms. The quantitative estimate of drug-likeness (QED) is 0.436. The molecule has 0 spiro atoms. The summed E-state index contributed by atoms with van der Waals surface area (Å²) in [6.07, 6.45) is 6.95. The molecular formula is C17H36. The van der Waals surface area contributed by atoms with Crippen molar-refractivity contribution in [3.63, 3.8) is 0 Å². The molecule has 0 aromatic heterocycles. The second-order valence-electron chi connectivity index (χ2n) is 7.92. The third-order valence-electron chi connectivity index (χ3n) is 4.04. The lowest BCUT2D eigenvalue weighted by molar-refractivity contribution is 0.141. The van der Waals surface area contributed by atoms with Crippen molar-refractivity contribution in [2.75, 3.05) is 0 Å². The summed E-state index contributed by atoms with van der Waals surface area (Å²) in [7, 11) is 0. The molecule has 1 rings (SSSR count). The molecule has 1 aliphatic carbocycles. The van der Waals surface area contributed by atoms with E-state index in [-0.39, 0.29) is 0 Å². The van der Waals surface area contributed by atoms with Gasteiger partial charge >= 0.3 is 0 Å². The Morgan fingerprint density at radius 1 is 1.12 bits per heavy atom. The van der Waals surface area contributed by atoms with Gasteiger partial charge in [-0.1, -0.05) is 68.2 Å². The average Bonchev–Trinajstić information content (AvgIpc) is 2.22. The first kappa shape index (κ1) is 17.0. The van der Waals surface area contributed by atoms with Gasteiger partial charge in [0.05, 0.1) is 0 Å². The molecule has 0 aliphatic heterocycles. The van der Waals surface area contributed by atoms with Crippen LogP contribution in [0, 0.1) is 22.7 Å². The third kappa shape index (κ3) is 6.48. The van der Waals surface area contributed by atoms with Crippen LogP contribution in [0.3, 0.4) is 0 Å². The van der Waals surface area contributed by atoms with Crippen molar-refractivity contribution < 1.29 is 0 Å². The fourth-order valence-electron chi connectivity index (χ4n) is 3.49. The molecule has 0 aromatic rings. The van der Waals surface area contributed by atoms with Crippen LogP contribution in [0.2, 0.25) is 0 Å². The molecule has 0 radical (unpaired) electrons. The van der Waals surface area contributed by atoms with Crippen molar-refractivity contribution in [3.8, 4) is 0 Å². The first-order chi connectivity index (χ1) is 7.64. The summed E-state index contributed by atoms with van der Waals surface area (Å²) in [6, 6.07) is 0. The van der Waals surface area contributed by atoms with Gasteiger partial charge in [0.15, 0.2) is 0 Å². The lowest BCUT2D eigenvalue weighted by Gasteiger charge is -2.36. The number of hydrogen-bond donors (Lipinski definition) is 0. The molecule has 2 unspecified atom stereocenters. The van der Waals surface area contributed by atoms with Crippen LogP contribution in [0.25, 0.3) is 0 Å². The highest BCUT2D eigenvalue weighted by molar-refractivity contribution is 4.85. The maximum absolute atomic E-state index is 2.46. The van der Waals surface area contributed by atoms with E-state index in [1.54, 1.807) is 0 Å². The summed E-state index contributed by atoms with van der Waals surface area (Å²) in [5, 5.41) is 0. The Labute approximate surface area is 111 Å². The second kappa shape index (κ2) is 6.81. The van der Waals surface area contributed by atoms with Gasteiger partial charge in [0.2, 0.25) is 0 Å². The Hall–Kier alpha value is 0. The van der Waals surface area contributed by atoms with Gasteiger partial charge in [-0.2, -0.15) is 0 Å². The monoisotopic (exact) mass is 240 g/mol. The Balaban J connectivity index is 0.000000770. The van der Waals surface area contributed by atoms with Crippen molar-refractivity contribution >= 4 is 0 Å². The summed E-state index contributed by atoms with van der Waals surface area (Å²) in [6.45, 7) is 18.8. The normalized spacial score (nSPS) is 28.9. The standard InChI is InChI=1S/C14H28.C3H8/c1-11-10-14(5,6)9-7-8-12(11)13(2,3)4;1-3-2/h11-12H,7-10H2,1-6H3;3H2,1-2H3. The third-order valence-corrected chi connectivity index (χ3v) is 4.04. The van der Waals surface area contributed by atoms with E-state index in [1.165, 1.54) is 32.1 Å². The van der Waals surface area contributed by atoms with E-state index >= 15 is 0 Å². The van der Waals surface area contributed by atoms with Crippen LogP contribution < -0.4 is 0 Å². The first-order valence-electron chi connectivity index (χ1n) is 7.64. The molecule has 1 saturated carbocycles. The van der Waals surface area contributed by atoms with Crippen LogP contribution in [0.5, 0.6) is 0 Å². The molecule has 1 fully saturated rings. The van der Waals surface area contributed by atoms with Crippen LogP contribution >= 0.6 is 0 Å². The lowest BCUT2D eigenvalue weighted by atomic mass is 9.70. The predicted octanol–water partition coefficient (Wildman–Crippen LogP) is 6.30. The first-order valence-corrected chi connectivity index (χ1v) is 7.64. The number of hydrogen-bond acceptors (Lipinski definition) is 0. The number of rotatable bonds is 0. The minimum atomic E-state index is 0.500. The highest BCUT2D eigenvalue weighted by Gasteiger charge is 2.35. The topological polar surface area (TPSA) is 0 Å². The predicted molar refractivity (Wildman–Crippen MR) is 80.3 cm³/mol. The van der Waals surface area contributed by atoms with Crippen molar-refractivity contribution in [2.24, 2.45) is 22.7 Å². The van der Waals surface area contributed by atoms with Crippen molar-refractivity contribution in [1.82, 2.24) is 0 Å². The van der Waals surface area contributed by atoms with E-state index in [1.807, 2.05) is 0 Å². The largest absolute Gasteiger partial charge is 0.0656 e. The summed E-state index contributed by atoms with van der Waals surface area (Å²) in [5.41, 5.74) is 1.08. The molecule has 0 saturated heterocycles. The molecule has 0 bridgehead atoms. The zero-order valence-electron chi connectivity index (χ0n) is 13.7. The zero-order valence-corrected chi connectivity index (χ0v) is 13.7. The van der Waals surface area contributed by atoms with E-state index in [2.05, 4.69) is 55.4 Å². The summed E-state index contributed by atoms with van der Waals surface area (Å²) >= 11 is 0. The molecule has 1 aliphatic rings. The summed E-state index contributed by atoms with van der Waals surface area (Å²) < 4.78 is 0. The van der Waals surface area contributed by atoms with Crippen LogP contribution in [-0.2, 0) is 0 Å². The van der Waals surface area contributed by atoms with Gasteiger partial charge in [0, 0.05) is 0 Å². The molecular weight excluding hydrogens is 204 g/mol. The fourth-order valence-corrected chi connectivity index (χ4v) is 3.49. The molecule has 0 heteroatoms. The highest BCUT2D eigenvalue weighted by Crippen LogP contribution is 2.45. The van der Waals surface area contributed by atoms with Crippen LogP contribution in [0.1, 0.15) is 87.5 Å². The van der Waals surface area contributed by atoms with Gasteiger partial charge < -0.3 is 0 Å². The SMILES string of the molecule is CC1CC(C)(C)CCCC1C(C)(C)C.CCC. The maximum Gasteiger partial charge on any atom is -0.0339 e. The van der Waals surface area contributed by atoms with E-state index < -0.39 is 0 Å². The summed E-state index contributed by atoms with van der Waals surface area (Å²) in [4.78, 5) is 0. The molecule has 0 amide bonds. The Kier molecular flexibility index (Phi) is 6.81. The maximum atomic E-state index is 2.46. The van der Waals surface area contributed by atoms with E-state index in [9.17, 15) is 0 Å². The fraction of sp³-hybridized carbons (Fsp3) is 1.00. The van der Waals surface area contributed by atoms with E-state index in [0.29, 0.717) is 10.8 Å². The van der Waals surface area contributed by atoms with Crippen LogP contribution in [0.15, 0.2) is 0 Å². The minimum absolute atomic E-state index is 0.500. The van der Waals surface area contributed by atoms with Gasteiger partial charge in [-0.3, -0.25) is 0 Å². The Morgan fingerprint density at radius 2 is 1.59 bits per heavy atom. The zero-order chi connectivity index (χ0) is 13.7. The van der Waals surface area contributed by atoms with Crippen LogP contribution in [-0.4, -0.2) is 0 Å². The molecule has 104 valence electrons. The summed E-state index contributed by atoms with van der Waals surface area (Å²) in [5.74, 6) is 1.82. The molecule has 0 nitrogen and oxygen atoms in total. The average molecular weight is 240 g/mol.